The second kappa shape index (κ2) is 5.94. The molecule has 1 aliphatic rings. The molecule has 106 valence electrons. The molecule has 1 heterocycles. The number of anilines is 1. The molecule has 0 spiro atoms. The molecule has 2 aromatic rings. The molecule has 3 nitrogen and oxygen atoms in total. The van der Waals surface area contributed by atoms with Gasteiger partial charge in [0.2, 0.25) is 0 Å². The van der Waals surface area contributed by atoms with Crippen molar-refractivity contribution in [3.63, 3.8) is 0 Å². The van der Waals surface area contributed by atoms with Crippen LogP contribution in [0.1, 0.15) is 25.7 Å². The number of nitrogens with zero attached hydrogens (tertiary/aromatic N) is 1. The van der Waals surface area contributed by atoms with Gasteiger partial charge in [-0.25, -0.2) is 4.98 Å². The fraction of sp³-hybridized carbons (Fsp3) is 0.438. The van der Waals surface area contributed by atoms with Gasteiger partial charge in [0.25, 0.3) is 0 Å². The van der Waals surface area contributed by atoms with E-state index < -0.39 is 0 Å². The van der Waals surface area contributed by atoms with E-state index in [9.17, 15) is 5.11 Å². The van der Waals surface area contributed by atoms with E-state index in [1.165, 1.54) is 19.3 Å². The molecule has 1 aromatic heterocycles. The van der Waals surface area contributed by atoms with Crippen molar-refractivity contribution in [3.05, 3.63) is 35.7 Å². The third kappa shape index (κ3) is 2.86. The average Bonchev–Trinajstić information content (AvgIpc) is 2.91. The molecule has 0 aliphatic heterocycles. The SMILES string of the molecule is OCCC1(CNc2nc(-c3ccccc3)cs2)CCC1. The van der Waals surface area contributed by atoms with Crippen LogP contribution in [0.4, 0.5) is 5.13 Å². The Bertz CT molecular complexity index is 549. The summed E-state index contributed by atoms with van der Waals surface area (Å²) in [6, 6.07) is 10.2. The molecular formula is C16H20N2OS. The number of aliphatic hydroxyl groups is 1. The highest BCUT2D eigenvalue weighted by Crippen LogP contribution is 2.43. The number of benzene rings is 1. The van der Waals surface area contributed by atoms with Gasteiger partial charge >= 0.3 is 0 Å². The second-order valence-electron chi connectivity index (χ2n) is 5.58. The van der Waals surface area contributed by atoms with Crippen molar-refractivity contribution in [1.82, 2.24) is 4.98 Å². The zero-order valence-corrected chi connectivity index (χ0v) is 12.3. The fourth-order valence-electron chi connectivity index (χ4n) is 2.79. The third-order valence-corrected chi connectivity index (χ3v) is 5.04. The van der Waals surface area contributed by atoms with Crippen LogP contribution in [0.2, 0.25) is 0 Å². The van der Waals surface area contributed by atoms with Gasteiger partial charge in [-0.1, -0.05) is 36.8 Å². The molecular weight excluding hydrogens is 268 g/mol. The van der Waals surface area contributed by atoms with E-state index >= 15 is 0 Å². The Labute approximate surface area is 123 Å². The first-order valence-electron chi connectivity index (χ1n) is 7.17. The monoisotopic (exact) mass is 288 g/mol. The zero-order chi connectivity index (χ0) is 13.8. The molecule has 1 saturated carbocycles. The predicted octanol–water partition coefficient (Wildman–Crippen LogP) is 3.77. The van der Waals surface area contributed by atoms with E-state index in [4.69, 9.17) is 0 Å². The number of nitrogens with one attached hydrogen (secondary N) is 1. The van der Waals surface area contributed by atoms with E-state index in [1.807, 2.05) is 18.2 Å². The molecule has 4 heteroatoms. The number of rotatable bonds is 6. The van der Waals surface area contributed by atoms with E-state index in [-0.39, 0.29) is 6.61 Å². The number of aromatic nitrogens is 1. The van der Waals surface area contributed by atoms with Crippen molar-refractivity contribution in [3.8, 4) is 11.3 Å². The Balaban J connectivity index is 1.63. The van der Waals surface area contributed by atoms with Crippen LogP contribution in [0, 0.1) is 5.41 Å². The van der Waals surface area contributed by atoms with Crippen molar-refractivity contribution in [2.45, 2.75) is 25.7 Å². The maximum absolute atomic E-state index is 9.18. The Morgan fingerprint density at radius 2 is 2.05 bits per heavy atom. The van der Waals surface area contributed by atoms with Gasteiger partial charge in [0, 0.05) is 24.1 Å². The molecule has 2 N–H and O–H groups in total. The van der Waals surface area contributed by atoms with Gasteiger partial charge in [-0.05, 0) is 24.7 Å². The number of aliphatic hydroxyl groups excluding tert-OH is 1. The Morgan fingerprint density at radius 3 is 2.70 bits per heavy atom. The molecule has 1 aromatic carbocycles. The third-order valence-electron chi connectivity index (χ3n) is 4.24. The molecule has 20 heavy (non-hydrogen) atoms. The minimum atomic E-state index is 0.287. The Morgan fingerprint density at radius 1 is 1.25 bits per heavy atom. The first-order valence-corrected chi connectivity index (χ1v) is 8.05. The summed E-state index contributed by atoms with van der Waals surface area (Å²) in [4.78, 5) is 4.65. The molecule has 0 atom stereocenters. The van der Waals surface area contributed by atoms with Crippen molar-refractivity contribution in [1.29, 1.82) is 0 Å². The van der Waals surface area contributed by atoms with Crippen LogP contribution in [-0.2, 0) is 0 Å². The fourth-order valence-corrected chi connectivity index (χ4v) is 3.51. The summed E-state index contributed by atoms with van der Waals surface area (Å²) in [6.07, 6.45) is 4.63. The standard InChI is InChI=1S/C16H20N2OS/c19-10-9-16(7-4-8-16)12-17-15-18-14(11-20-15)13-5-2-1-3-6-13/h1-3,5-6,11,19H,4,7-10,12H2,(H,17,18). The summed E-state index contributed by atoms with van der Waals surface area (Å²) in [5.74, 6) is 0. The highest BCUT2D eigenvalue weighted by atomic mass is 32.1. The van der Waals surface area contributed by atoms with Crippen LogP contribution in [0.25, 0.3) is 11.3 Å². The highest BCUT2D eigenvalue weighted by molar-refractivity contribution is 7.14. The van der Waals surface area contributed by atoms with Crippen LogP contribution in [-0.4, -0.2) is 23.2 Å². The van der Waals surface area contributed by atoms with Crippen molar-refractivity contribution in [2.75, 3.05) is 18.5 Å². The molecule has 0 radical (unpaired) electrons. The lowest BCUT2D eigenvalue weighted by atomic mass is 9.67. The van der Waals surface area contributed by atoms with Crippen LogP contribution in [0.3, 0.4) is 0 Å². The van der Waals surface area contributed by atoms with Crippen molar-refractivity contribution >= 4 is 16.5 Å². The lowest BCUT2D eigenvalue weighted by Gasteiger charge is -2.41. The molecule has 1 aliphatic carbocycles. The first kappa shape index (κ1) is 13.6. The van der Waals surface area contributed by atoms with E-state index in [2.05, 4.69) is 27.8 Å². The zero-order valence-electron chi connectivity index (χ0n) is 11.5. The topological polar surface area (TPSA) is 45.1 Å². The summed E-state index contributed by atoms with van der Waals surface area (Å²) in [5, 5.41) is 15.7. The van der Waals surface area contributed by atoms with Gasteiger partial charge in [-0.3, -0.25) is 0 Å². The maximum atomic E-state index is 9.18. The second-order valence-corrected chi connectivity index (χ2v) is 6.44. The summed E-state index contributed by atoms with van der Waals surface area (Å²) >= 11 is 1.65. The summed E-state index contributed by atoms with van der Waals surface area (Å²) in [7, 11) is 0. The lowest BCUT2D eigenvalue weighted by Crippen LogP contribution is -2.37. The summed E-state index contributed by atoms with van der Waals surface area (Å²) < 4.78 is 0. The minimum Gasteiger partial charge on any atom is -0.396 e. The van der Waals surface area contributed by atoms with Crippen LogP contribution < -0.4 is 5.32 Å². The average molecular weight is 288 g/mol. The number of thiazole rings is 1. The van der Waals surface area contributed by atoms with Gasteiger partial charge in [-0.15, -0.1) is 11.3 Å². The normalized spacial score (nSPS) is 16.6. The summed E-state index contributed by atoms with van der Waals surface area (Å²) in [6.45, 7) is 1.21. The van der Waals surface area contributed by atoms with Crippen LogP contribution >= 0.6 is 11.3 Å². The van der Waals surface area contributed by atoms with Gasteiger partial charge in [-0.2, -0.15) is 0 Å². The number of hydrogen-bond donors (Lipinski definition) is 2. The van der Waals surface area contributed by atoms with Gasteiger partial charge < -0.3 is 10.4 Å². The number of hydrogen-bond acceptors (Lipinski definition) is 4. The lowest BCUT2D eigenvalue weighted by molar-refractivity contribution is 0.102. The molecule has 3 rings (SSSR count). The first-order chi connectivity index (χ1) is 9.81. The van der Waals surface area contributed by atoms with Crippen LogP contribution in [0.15, 0.2) is 35.7 Å². The molecule has 0 bridgehead atoms. The quantitative estimate of drug-likeness (QED) is 0.850. The minimum absolute atomic E-state index is 0.287. The molecule has 0 amide bonds. The van der Waals surface area contributed by atoms with Gasteiger partial charge in [0.15, 0.2) is 5.13 Å². The maximum Gasteiger partial charge on any atom is 0.183 e. The predicted molar refractivity (Wildman–Crippen MR) is 84.0 cm³/mol. The van der Waals surface area contributed by atoms with Gasteiger partial charge in [0.1, 0.15) is 0 Å². The summed E-state index contributed by atoms with van der Waals surface area (Å²) in [5.41, 5.74) is 2.49. The molecule has 1 fully saturated rings. The largest absolute Gasteiger partial charge is 0.396 e. The van der Waals surface area contributed by atoms with Crippen molar-refractivity contribution < 1.29 is 5.11 Å². The Kier molecular flexibility index (Phi) is 4.03. The smallest absolute Gasteiger partial charge is 0.183 e. The van der Waals surface area contributed by atoms with Gasteiger partial charge in [0.05, 0.1) is 5.69 Å². The molecule has 0 saturated heterocycles. The molecule has 0 unspecified atom stereocenters. The van der Waals surface area contributed by atoms with E-state index in [0.29, 0.717) is 5.41 Å². The van der Waals surface area contributed by atoms with E-state index in [1.54, 1.807) is 11.3 Å². The van der Waals surface area contributed by atoms with Crippen LogP contribution in [0.5, 0.6) is 0 Å². The van der Waals surface area contributed by atoms with E-state index in [0.717, 1.165) is 29.4 Å². The Hall–Kier alpha value is -1.39. The highest BCUT2D eigenvalue weighted by Gasteiger charge is 2.36. The van der Waals surface area contributed by atoms with Crippen molar-refractivity contribution in [2.24, 2.45) is 5.41 Å².